The van der Waals surface area contributed by atoms with Gasteiger partial charge in [0.05, 0.1) is 0 Å². The second-order valence-electron chi connectivity index (χ2n) is 4.73. The maximum atomic E-state index is 11.9. The average Bonchev–Trinajstić information content (AvgIpc) is 2.45. The zero-order valence-electron chi connectivity index (χ0n) is 11.7. The first-order valence-electron chi connectivity index (χ1n) is 6.41. The van der Waals surface area contributed by atoms with Crippen molar-refractivity contribution in [3.05, 3.63) is 57.2 Å². The molecule has 21 heavy (non-hydrogen) atoms. The molecule has 0 aliphatic heterocycles. The molecule has 2 rings (SSSR count). The van der Waals surface area contributed by atoms with E-state index in [-0.39, 0.29) is 0 Å². The third kappa shape index (κ3) is 4.29. The number of anilines is 2. The predicted octanol–water partition coefficient (Wildman–Crippen LogP) is 3.49. The molecular weight excluding hydrogens is 379 g/mol. The lowest BCUT2D eigenvalue weighted by Gasteiger charge is -2.09. The monoisotopic (exact) mass is 394 g/mol. The molecule has 2 aromatic rings. The lowest BCUT2D eigenvalue weighted by molar-refractivity contribution is -0.133. The normalized spacial score (nSPS) is 10.0. The summed E-state index contributed by atoms with van der Waals surface area (Å²) in [6.45, 7) is 3.81. The van der Waals surface area contributed by atoms with Crippen LogP contribution < -0.4 is 10.6 Å². The molecule has 0 fully saturated rings. The molecule has 0 spiro atoms. The molecule has 0 saturated heterocycles. The molecule has 4 nitrogen and oxygen atoms in total. The van der Waals surface area contributed by atoms with Crippen LogP contribution in [0.4, 0.5) is 11.4 Å². The highest BCUT2D eigenvalue weighted by atomic mass is 127. The molecule has 2 aromatic carbocycles. The number of aryl methyl sites for hydroxylation is 2. The van der Waals surface area contributed by atoms with Gasteiger partial charge in [-0.25, -0.2) is 0 Å². The molecule has 0 aliphatic carbocycles. The first-order valence-corrected chi connectivity index (χ1v) is 7.49. The third-order valence-corrected chi connectivity index (χ3v) is 3.67. The van der Waals surface area contributed by atoms with E-state index in [1.54, 1.807) is 12.1 Å². The van der Waals surface area contributed by atoms with E-state index in [9.17, 15) is 9.59 Å². The Morgan fingerprint density at radius 3 is 2.19 bits per heavy atom. The van der Waals surface area contributed by atoms with E-state index in [1.807, 2.05) is 44.2 Å². The van der Waals surface area contributed by atoms with Crippen LogP contribution in [-0.2, 0) is 9.59 Å². The Balaban J connectivity index is 2.04. The van der Waals surface area contributed by atoms with Crippen LogP contribution in [0, 0.1) is 17.4 Å². The van der Waals surface area contributed by atoms with Gasteiger partial charge in [0.15, 0.2) is 0 Å². The molecule has 0 aliphatic rings. The Hall–Kier alpha value is -1.89. The Kier molecular flexibility index (Phi) is 4.95. The number of nitrogens with one attached hydrogen (secondary N) is 2. The highest BCUT2D eigenvalue weighted by molar-refractivity contribution is 14.1. The molecular formula is C16H15IN2O2. The zero-order chi connectivity index (χ0) is 15.4. The van der Waals surface area contributed by atoms with Crippen molar-refractivity contribution < 1.29 is 9.59 Å². The SMILES string of the molecule is Cc1ccc(C)c(NC(=O)C(=O)Nc2ccc(I)cc2)c1. The van der Waals surface area contributed by atoms with Crippen LogP contribution in [0.1, 0.15) is 11.1 Å². The number of halogens is 1. The minimum atomic E-state index is -0.683. The summed E-state index contributed by atoms with van der Waals surface area (Å²) in [5, 5.41) is 5.20. The molecule has 2 N–H and O–H groups in total. The smallest absolute Gasteiger partial charge is 0.314 e. The van der Waals surface area contributed by atoms with E-state index in [0.717, 1.165) is 14.7 Å². The van der Waals surface area contributed by atoms with Crippen LogP contribution in [0.25, 0.3) is 0 Å². The molecule has 5 heteroatoms. The van der Waals surface area contributed by atoms with E-state index in [2.05, 4.69) is 33.2 Å². The molecule has 0 bridgehead atoms. The fourth-order valence-corrected chi connectivity index (χ4v) is 2.13. The van der Waals surface area contributed by atoms with Gasteiger partial charge in [-0.1, -0.05) is 12.1 Å². The summed E-state index contributed by atoms with van der Waals surface area (Å²) >= 11 is 2.17. The summed E-state index contributed by atoms with van der Waals surface area (Å²) in [5.41, 5.74) is 3.18. The second kappa shape index (κ2) is 6.71. The Morgan fingerprint density at radius 2 is 1.52 bits per heavy atom. The molecule has 0 heterocycles. The lowest BCUT2D eigenvalue weighted by atomic mass is 10.1. The number of hydrogen-bond acceptors (Lipinski definition) is 2. The largest absolute Gasteiger partial charge is 0.318 e. The summed E-state index contributed by atoms with van der Waals surface area (Å²) < 4.78 is 1.06. The van der Waals surface area contributed by atoms with Crippen LogP contribution >= 0.6 is 22.6 Å². The van der Waals surface area contributed by atoms with Crippen molar-refractivity contribution in [2.24, 2.45) is 0 Å². The van der Waals surface area contributed by atoms with Crippen molar-refractivity contribution in [3.8, 4) is 0 Å². The second-order valence-corrected chi connectivity index (χ2v) is 5.98. The number of carbonyl (C=O) groups is 2. The summed E-state index contributed by atoms with van der Waals surface area (Å²) in [6.07, 6.45) is 0. The molecule has 0 atom stereocenters. The van der Waals surface area contributed by atoms with Crippen LogP contribution in [-0.4, -0.2) is 11.8 Å². The summed E-state index contributed by atoms with van der Waals surface area (Å²) in [5.74, 6) is -1.36. The molecule has 108 valence electrons. The highest BCUT2D eigenvalue weighted by Crippen LogP contribution is 2.16. The summed E-state index contributed by atoms with van der Waals surface area (Å²) in [6, 6.07) is 12.9. The topological polar surface area (TPSA) is 58.2 Å². The molecule has 0 unspecified atom stereocenters. The third-order valence-electron chi connectivity index (χ3n) is 2.95. The summed E-state index contributed by atoms with van der Waals surface area (Å²) in [4.78, 5) is 23.8. The van der Waals surface area contributed by atoms with Gasteiger partial charge in [0.2, 0.25) is 0 Å². The van der Waals surface area contributed by atoms with E-state index in [0.29, 0.717) is 11.4 Å². The minimum Gasteiger partial charge on any atom is -0.318 e. The number of rotatable bonds is 2. The fourth-order valence-electron chi connectivity index (χ4n) is 1.77. The van der Waals surface area contributed by atoms with Crippen LogP contribution in [0.2, 0.25) is 0 Å². The van der Waals surface area contributed by atoms with Gasteiger partial charge in [0, 0.05) is 14.9 Å². The number of carbonyl (C=O) groups excluding carboxylic acids is 2. The minimum absolute atomic E-state index is 0.594. The van der Waals surface area contributed by atoms with E-state index in [4.69, 9.17) is 0 Å². The zero-order valence-corrected chi connectivity index (χ0v) is 13.9. The van der Waals surface area contributed by atoms with Crippen molar-refractivity contribution in [1.82, 2.24) is 0 Å². The number of amides is 2. The molecule has 0 saturated carbocycles. The van der Waals surface area contributed by atoms with Crippen molar-refractivity contribution >= 4 is 45.8 Å². The van der Waals surface area contributed by atoms with Crippen molar-refractivity contribution in [3.63, 3.8) is 0 Å². The van der Waals surface area contributed by atoms with Crippen molar-refractivity contribution in [2.75, 3.05) is 10.6 Å². The van der Waals surface area contributed by atoms with Gasteiger partial charge in [-0.2, -0.15) is 0 Å². The maximum Gasteiger partial charge on any atom is 0.314 e. The van der Waals surface area contributed by atoms with Crippen LogP contribution in [0.3, 0.4) is 0 Å². The van der Waals surface area contributed by atoms with Crippen molar-refractivity contribution in [1.29, 1.82) is 0 Å². The van der Waals surface area contributed by atoms with E-state index in [1.165, 1.54) is 0 Å². The van der Waals surface area contributed by atoms with Crippen molar-refractivity contribution in [2.45, 2.75) is 13.8 Å². The maximum absolute atomic E-state index is 11.9. The van der Waals surface area contributed by atoms with Gasteiger partial charge in [-0.3, -0.25) is 9.59 Å². The van der Waals surface area contributed by atoms with E-state index >= 15 is 0 Å². The number of benzene rings is 2. The Bertz CT molecular complexity index is 681. The number of hydrogen-bond donors (Lipinski definition) is 2. The van der Waals surface area contributed by atoms with Gasteiger partial charge in [-0.15, -0.1) is 0 Å². The van der Waals surface area contributed by atoms with Crippen LogP contribution in [0.5, 0.6) is 0 Å². The first kappa shape index (κ1) is 15.5. The lowest BCUT2D eigenvalue weighted by Crippen LogP contribution is -2.29. The molecule has 0 aromatic heterocycles. The quantitative estimate of drug-likeness (QED) is 0.605. The Labute approximate surface area is 137 Å². The van der Waals surface area contributed by atoms with Gasteiger partial charge < -0.3 is 10.6 Å². The van der Waals surface area contributed by atoms with Gasteiger partial charge in [0.1, 0.15) is 0 Å². The van der Waals surface area contributed by atoms with Gasteiger partial charge in [-0.05, 0) is 77.9 Å². The highest BCUT2D eigenvalue weighted by Gasteiger charge is 2.14. The molecule has 0 radical (unpaired) electrons. The van der Waals surface area contributed by atoms with Crippen LogP contribution in [0.15, 0.2) is 42.5 Å². The first-order chi connectivity index (χ1) is 9.95. The van der Waals surface area contributed by atoms with E-state index < -0.39 is 11.8 Å². The standard InChI is InChI=1S/C16H15IN2O2/c1-10-3-4-11(2)14(9-10)19-16(21)15(20)18-13-7-5-12(17)6-8-13/h3-9H,1-2H3,(H,18,20)(H,19,21). The predicted molar refractivity (Wildman–Crippen MR) is 92.3 cm³/mol. The van der Waals surface area contributed by atoms with Gasteiger partial charge in [0.25, 0.3) is 0 Å². The average molecular weight is 394 g/mol. The molecule has 2 amide bonds. The Morgan fingerprint density at radius 1 is 0.905 bits per heavy atom. The summed E-state index contributed by atoms with van der Waals surface area (Å²) in [7, 11) is 0. The van der Waals surface area contributed by atoms with Gasteiger partial charge >= 0.3 is 11.8 Å². The fraction of sp³-hybridized carbons (Fsp3) is 0.125.